The molecule has 1 aromatic carbocycles. The first-order valence-corrected chi connectivity index (χ1v) is 12.7. The Morgan fingerprint density at radius 3 is 2.32 bits per heavy atom. The summed E-state index contributed by atoms with van der Waals surface area (Å²) < 4.78 is 41.3. The number of carbonyl (C=O) groups is 1. The quantitative estimate of drug-likeness (QED) is 0.646. The fraction of sp³-hybridized carbons (Fsp3) is 0.682. The normalized spacial score (nSPS) is 23.3. The number of piperidine rings is 1. The molecule has 2 aliphatic rings. The number of amides is 1. The van der Waals surface area contributed by atoms with Gasteiger partial charge in [-0.05, 0) is 42.5 Å². The van der Waals surface area contributed by atoms with Gasteiger partial charge in [-0.3, -0.25) is 4.79 Å². The number of carbonyl (C=O) groups excluding carboxylic acids is 1. The number of hydrogen-bond donors (Lipinski definition) is 1. The van der Waals surface area contributed by atoms with E-state index in [1.807, 2.05) is 0 Å². The van der Waals surface area contributed by atoms with Crippen molar-refractivity contribution in [2.45, 2.75) is 31.6 Å². The van der Waals surface area contributed by atoms with Gasteiger partial charge in [0, 0.05) is 65.3 Å². The summed E-state index contributed by atoms with van der Waals surface area (Å²) in [7, 11) is -3.82. The highest BCUT2D eigenvalue weighted by Gasteiger charge is 2.28. The average molecular weight is 455 g/mol. The van der Waals surface area contributed by atoms with Gasteiger partial charge in [0.25, 0.3) is 0 Å². The summed E-state index contributed by atoms with van der Waals surface area (Å²) in [4.78, 5) is 16.8. The van der Waals surface area contributed by atoms with Crippen molar-refractivity contribution in [2.75, 3.05) is 58.9 Å². The van der Waals surface area contributed by atoms with Crippen molar-refractivity contribution in [3.63, 3.8) is 0 Å². The average Bonchev–Trinajstić information content (AvgIpc) is 2.73. The number of nitrogens with zero attached hydrogens (tertiary/aromatic N) is 3. The summed E-state index contributed by atoms with van der Waals surface area (Å²) in [6.45, 7) is 10.2. The van der Waals surface area contributed by atoms with Gasteiger partial charge >= 0.3 is 0 Å². The van der Waals surface area contributed by atoms with Crippen LogP contribution in [0.5, 0.6) is 0 Å². The molecule has 1 aromatic rings. The first kappa shape index (κ1) is 24.1. The van der Waals surface area contributed by atoms with Gasteiger partial charge in [-0.25, -0.2) is 12.8 Å². The molecule has 1 N–H and O–H groups in total. The minimum Gasteiger partial charge on any atom is -0.340 e. The van der Waals surface area contributed by atoms with E-state index in [-0.39, 0.29) is 23.8 Å². The van der Waals surface area contributed by atoms with Crippen molar-refractivity contribution in [1.29, 1.82) is 0 Å². The first-order chi connectivity index (χ1) is 14.8. The number of rotatable bonds is 8. The van der Waals surface area contributed by atoms with Gasteiger partial charge in [-0.2, -0.15) is 4.31 Å². The molecule has 2 heterocycles. The van der Waals surface area contributed by atoms with Gasteiger partial charge in [0.2, 0.25) is 15.9 Å². The summed E-state index contributed by atoms with van der Waals surface area (Å²) >= 11 is 0. The highest BCUT2D eigenvalue weighted by molar-refractivity contribution is 7.89. The van der Waals surface area contributed by atoms with Crippen LogP contribution in [-0.4, -0.2) is 87.3 Å². The molecular weight excluding hydrogens is 419 g/mol. The Labute approximate surface area is 185 Å². The van der Waals surface area contributed by atoms with Crippen LogP contribution in [0.2, 0.25) is 0 Å². The van der Waals surface area contributed by atoms with Crippen molar-refractivity contribution < 1.29 is 17.6 Å². The van der Waals surface area contributed by atoms with Gasteiger partial charge in [0.1, 0.15) is 5.82 Å². The minimum atomic E-state index is -3.82. The lowest BCUT2D eigenvalue weighted by Crippen LogP contribution is -2.48. The van der Waals surface area contributed by atoms with E-state index in [0.29, 0.717) is 38.0 Å². The smallest absolute Gasteiger partial charge is 0.243 e. The molecule has 0 radical (unpaired) electrons. The number of sulfonamides is 1. The molecule has 1 amide bonds. The molecule has 3 rings (SSSR count). The van der Waals surface area contributed by atoms with E-state index in [2.05, 4.69) is 24.1 Å². The van der Waals surface area contributed by atoms with Gasteiger partial charge in [0.05, 0.1) is 4.90 Å². The molecule has 2 atom stereocenters. The lowest BCUT2D eigenvalue weighted by Gasteiger charge is -2.36. The summed E-state index contributed by atoms with van der Waals surface area (Å²) in [5.41, 5.74) is 0. The van der Waals surface area contributed by atoms with Crippen LogP contribution >= 0.6 is 0 Å². The lowest BCUT2D eigenvalue weighted by atomic mass is 9.92. The Kier molecular flexibility index (Phi) is 8.43. The van der Waals surface area contributed by atoms with Crippen LogP contribution in [0.15, 0.2) is 29.2 Å². The third-order valence-corrected chi connectivity index (χ3v) is 8.02. The Morgan fingerprint density at radius 1 is 1.10 bits per heavy atom. The Balaban J connectivity index is 1.69. The zero-order valence-electron chi connectivity index (χ0n) is 18.6. The highest BCUT2D eigenvalue weighted by atomic mass is 32.2. The molecule has 0 bridgehead atoms. The summed E-state index contributed by atoms with van der Waals surface area (Å²) in [5, 5.41) is 3.21. The number of benzene rings is 1. The minimum absolute atomic E-state index is 0.0268. The predicted octanol–water partition coefficient (Wildman–Crippen LogP) is 1.62. The van der Waals surface area contributed by atoms with Crippen molar-refractivity contribution in [3.8, 4) is 0 Å². The van der Waals surface area contributed by atoms with Crippen LogP contribution in [0, 0.1) is 17.7 Å². The Hall–Kier alpha value is -1.55. The van der Waals surface area contributed by atoms with Crippen molar-refractivity contribution in [1.82, 2.24) is 19.4 Å². The van der Waals surface area contributed by atoms with Crippen molar-refractivity contribution in [3.05, 3.63) is 30.1 Å². The summed E-state index contributed by atoms with van der Waals surface area (Å²) in [5.74, 6) is 0.664. The Morgan fingerprint density at radius 2 is 1.71 bits per heavy atom. The number of hydrogen-bond acceptors (Lipinski definition) is 5. The van der Waals surface area contributed by atoms with Crippen LogP contribution < -0.4 is 5.32 Å². The second-order valence-electron chi connectivity index (χ2n) is 8.94. The Bertz CT molecular complexity index is 818. The van der Waals surface area contributed by atoms with Gasteiger partial charge < -0.3 is 15.1 Å². The molecule has 0 aliphatic carbocycles. The maximum atomic E-state index is 13.3. The van der Waals surface area contributed by atoms with Gasteiger partial charge in [0.15, 0.2) is 0 Å². The standard InChI is InChI=1S/C22H35FN4O3S/c1-18-15-19(2)17-25(16-18)13-14-27(10-7-22(28)26-11-8-24-9-12-26)31(29,30)21-5-3-20(23)4-6-21/h3-6,18-19,24H,7-17H2,1-2H3/t18-,19-/m0/s1. The molecule has 2 aliphatic heterocycles. The second-order valence-corrected chi connectivity index (χ2v) is 10.9. The van der Waals surface area contributed by atoms with Crippen LogP contribution in [0.4, 0.5) is 4.39 Å². The highest BCUT2D eigenvalue weighted by Crippen LogP contribution is 2.22. The molecule has 2 saturated heterocycles. The van der Waals surface area contributed by atoms with Crippen molar-refractivity contribution >= 4 is 15.9 Å². The maximum absolute atomic E-state index is 13.3. The third-order valence-electron chi connectivity index (χ3n) is 6.11. The molecule has 31 heavy (non-hydrogen) atoms. The van der Waals surface area contributed by atoms with E-state index in [9.17, 15) is 17.6 Å². The van der Waals surface area contributed by atoms with Gasteiger partial charge in [-0.1, -0.05) is 13.8 Å². The first-order valence-electron chi connectivity index (χ1n) is 11.2. The molecule has 174 valence electrons. The summed E-state index contributed by atoms with van der Waals surface area (Å²) in [6, 6.07) is 4.90. The fourth-order valence-electron chi connectivity index (χ4n) is 4.63. The number of halogens is 1. The topological polar surface area (TPSA) is 73.0 Å². The molecule has 0 unspecified atom stereocenters. The summed E-state index contributed by atoms with van der Waals surface area (Å²) in [6.07, 6.45) is 1.33. The number of piperazine rings is 1. The number of likely N-dealkylation sites (tertiary alicyclic amines) is 1. The molecule has 0 saturated carbocycles. The van der Waals surface area contributed by atoms with E-state index in [1.54, 1.807) is 4.90 Å². The second kappa shape index (κ2) is 10.8. The largest absolute Gasteiger partial charge is 0.340 e. The van der Waals surface area contributed by atoms with Crippen LogP contribution in [0.25, 0.3) is 0 Å². The van der Waals surface area contributed by atoms with Crippen molar-refractivity contribution in [2.24, 2.45) is 11.8 Å². The van der Waals surface area contributed by atoms with E-state index in [0.717, 1.165) is 38.3 Å². The fourth-order valence-corrected chi connectivity index (χ4v) is 6.06. The molecule has 0 spiro atoms. The molecule has 9 heteroatoms. The predicted molar refractivity (Wildman–Crippen MR) is 119 cm³/mol. The number of nitrogens with one attached hydrogen (secondary N) is 1. The monoisotopic (exact) mass is 454 g/mol. The third kappa shape index (κ3) is 6.71. The van der Waals surface area contributed by atoms with Gasteiger partial charge in [-0.15, -0.1) is 0 Å². The zero-order chi connectivity index (χ0) is 22.4. The molecular formula is C22H35FN4O3S. The SMILES string of the molecule is C[C@H]1C[C@H](C)CN(CCN(CCC(=O)N2CCNCC2)S(=O)(=O)c2ccc(F)cc2)C1. The molecule has 0 aromatic heterocycles. The van der Waals surface area contributed by atoms with Crippen LogP contribution in [0.3, 0.4) is 0 Å². The van der Waals surface area contributed by atoms with E-state index >= 15 is 0 Å². The maximum Gasteiger partial charge on any atom is 0.243 e. The van der Waals surface area contributed by atoms with E-state index < -0.39 is 15.8 Å². The molecule has 7 nitrogen and oxygen atoms in total. The van der Waals surface area contributed by atoms with E-state index in [4.69, 9.17) is 0 Å². The van der Waals surface area contributed by atoms with E-state index in [1.165, 1.54) is 22.9 Å². The zero-order valence-corrected chi connectivity index (χ0v) is 19.4. The van der Waals surface area contributed by atoms with Crippen LogP contribution in [-0.2, 0) is 14.8 Å². The van der Waals surface area contributed by atoms with Crippen LogP contribution in [0.1, 0.15) is 26.7 Å². The molecule has 2 fully saturated rings. The lowest BCUT2D eigenvalue weighted by molar-refractivity contribution is -0.131.